The van der Waals surface area contributed by atoms with E-state index < -0.39 is 5.97 Å². The van der Waals surface area contributed by atoms with Crippen LogP contribution in [0.3, 0.4) is 0 Å². The van der Waals surface area contributed by atoms with Crippen LogP contribution in [0.25, 0.3) is 0 Å². The summed E-state index contributed by atoms with van der Waals surface area (Å²) in [5, 5.41) is 18.9. The number of hydrogen-bond acceptors (Lipinski definition) is 4. The lowest BCUT2D eigenvalue weighted by Gasteiger charge is -2.14. The van der Waals surface area contributed by atoms with E-state index in [2.05, 4.69) is 0 Å². The third-order valence-corrected chi connectivity index (χ3v) is 1.70. The van der Waals surface area contributed by atoms with Crippen LogP contribution in [-0.4, -0.2) is 27.7 Å². The van der Waals surface area contributed by atoms with Crippen molar-refractivity contribution in [1.29, 1.82) is 0 Å². The van der Waals surface area contributed by atoms with Crippen molar-refractivity contribution in [3.05, 3.63) is 29.8 Å². The molecule has 76 valence electrons. The van der Waals surface area contributed by atoms with E-state index in [1.165, 1.54) is 6.07 Å². The zero-order valence-electron chi connectivity index (χ0n) is 7.55. The number of phenolic OH excluding ortho intramolecular Hbond substituents is 1. The normalized spacial score (nSPS) is 10.4. The predicted molar refractivity (Wildman–Crippen MR) is 50.3 cm³/mol. The maximum absolute atomic E-state index is 10.3. The van der Waals surface area contributed by atoms with Crippen LogP contribution < -0.4 is 5.84 Å². The molecular formula is C9H12N2O3. The number of rotatable bonds is 4. The minimum atomic E-state index is -0.997. The molecule has 0 bridgehead atoms. The molecule has 1 aromatic carbocycles. The Hall–Kier alpha value is -1.59. The molecule has 0 radical (unpaired) electrons. The smallest absolute Gasteiger partial charge is 0.319 e. The van der Waals surface area contributed by atoms with Gasteiger partial charge < -0.3 is 10.2 Å². The summed E-state index contributed by atoms with van der Waals surface area (Å²) in [6, 6.07) is 6.67. The molecule has 1 rings (SSSR count). The van der Waals surface area contributed by atoms with E-state index in [1.807, 2.05) is 0 Å². The molecule has 0 aliphatic rings. The highest BCUT2D eigenvalue weighted by molar-refractivity contribution is 5.68. The SMILES string of the molecule is NN(CC(=O)O)Cc1ccccc1O. The summed E-state index contributed by atoms with van der Waals surface area (Å²) in [6.45, 7) is -0.0483. The van der Waals surface area contributed by atoms with E-state index in [4.69, 9.17) is 10.9 Å². The molecule has 0 saturated heterocycles. The van der Waals surface area contributed by atoms with Crippen LogP contribution >= 0.6 is 0 Å². The highest BCUT2D eigenvalue weighted by Gasteiger charge is 2.07. The van der Waals surface area contributed by atoms with Gasteiger partial charge in [-0.15, -0.1) is 0 Å². The van der Waals surface area contributed by atoms with Gasteiger partial charge in [-0.3, -0.25) is 10.6 Å². The van der Waals surface area contributed by atoms with Gasteiger partial charge in [0.25, 0.3) is 0 Å². The third kappa shape index (κ3) is 3.04. The zero-order valence-corrected chi connectivity index (χ0v) is 7.55. The molecule has 5 heteroatoms. The zero-order chi connectivity index (χ0) is 10.6. The molecule has 0 unspecified atom stereocenters. The molecule has 0 spiro atoms. The second-order valence-corrected chi connectivity index (χ2v) is 2.93. The van der Waals surface area contributed by atoms with Gasteiger partial charge in [0, 0.05) is 12.1 Å². The van der Waals surface area contributed by atoms with Crippen LogP contribution in [0.4, 0.5) is 0 Å². The fourth-order valence-electron chi connectivity index (χ4n) is 1.09. The second kappa shape index (κ2) is 4.59. The molecule has 4 N–H and O–H groups in total. The van der Waals surface area contributed by atoms with E-state index in [9.17, 15) is 9.90 Å². The Kier molecular flexibility index (Phi) is 3.44. The molecule has 0 amide bonds. The van der Waals surface area contributed by atoms with E-state index in [0.29, 0.717) is 5.56 Å². The van der Waals surface area contributed by atoms with Crippen molar-refractivity contribution in [3.8, 4) is 5.75 Å². The minimum absolute atomic E-state index is 0.119. The maximum atomic E-state index is 10.3. The lowest BCUT2D eigenvalue weighted by Crippen LogP contribution is -2.35. The first-order valence-electron chi connectivity index (χ1n) is 4.08. The first-order valence-corrected chi connectivity index (χ1v) is 4.08. The van der Waals surface area contributed by atoms with E-state index >= 15 is 0 Å². The highest BCUT2D eigenvalue weighted by atomic mass is 16.4. The Balaban J connectivity index is 2.60. The highest BCUT2D eigenvalue weighted by Crippen LogP contribution is 2.16. The van der Waals surface area contributed by atoms with Gasteiger partial charge in [0.2, 0.25) is 0 Å². The van der Waals surface area contributed by atoms with Crippen molar-refractivity contribution in [2.75, 3.05) is 6.54 Å². The van der Waals surface area contributed by atoms with Gasteiger partial charge >= 0.3 is 5.97 Å². The van der Waals surface area contributed by atoms with Gasteiger partial charge in [0.1, 0.15) is 12.3 Å². The first kappa shape index (κ1) is 10.5. The Labute approximate surface area is 81.3 Å². The average Bonchev–Trinajstić information content (AvgIpc) is 2.07. The van der Waals surface area contributed by atoms with Gasteiger partial charge in [-0.1, -0.05) is 18.2 Å². The number of nitrogens with zero attached hydrogens (tertiary/aromatic N) is 1. The Bertz CT molecular complexity index is 328. The fraction of sp³-hybridized carbons (Fsp3) is 0.222. The number of carbonyl (C=O) groups is 1. The standard InChI is InChI=1S/C9H12N2O3/c10-11(6-9(13)14)5-7-3-1-2-4-8(7)12/h1-4,12H,5-6,10H2,(H,13,14). The fourth-order valence-corrected chi connectivity index (χ4v) is 1.09. The van der Waals surface area contributed by atoms with E-state index in [0.717, 1.165) is 5.01 Å². The summed E-state index contributed by atoms with van der Waals surface area (Å²) in [7, 11) is 0. The number of hydrazine groups is 1. The molecule has 5 nitrogen and oxygen atoms in total. The van der Waals surface area contributed by atoms with Crippen LogP contribution in [0.5, 0.6) is 5.75 Å². The van der Waals surface area contributed by atoms with E-state index in [1.54, 1.807) is 18.2 Å². The number of benzene rings is 1. The van der Waals surface area contributed by atoms with Crippen LogP contribution in [0.2, 0.25) is 0 Å². The molecule has 0 atom stereocenters. The summed E-state index contributed by atoms with van der Waals surface area (Å²) in [5.74, 6) is 4.54. The molecule has 0 heterocycles. The number of carboxylic acids is 1. The third-order valence-electron chi connectivity index (χ3n) is 1.70. The van der Waals surface area contributed by atoms with Crippen LogP contribution in [0.15, 0.2) is 24.3 Å². The second-order valence-electron chi connectivity index (χ2n) is 2.93. The Morgan fingerprint density at radius 1 is 1.43 bits per heavy atom. The molecule has 14 heavy (non-hydrogen) atoms. The summed E-state index contributed by atoms with van der Waals surface area (Å²) in [4.78, 5) is 10.3. The summed E-state index contributed by atoms with van der Waals surface area (Å²) in [6.07, 6.45) is 0. The molecule has 0 aromatic heterocycles. The summed E-state index contributed by atoms with van der Waals surface area (Å²) < 4.78 is 0. The molecule has 0 saturated carbocycles. The Morgan fingerprint density at radius 2 is 2.07 bits per heavy atom. The van der Waals surface area contributed by atoms with Gasteiger partial charge in [0.15, 0.2) is 0 Å². The number of hydrogen-bond donors (Lipinski definition) is 3. The molecular weight excluding hydrogens is 184 g/mol. The number of aliphatic carboxylic acids is 1. The lowest BCUT2D eigenvalue weighted by atomic mass is 10.2. The summed E-state index contributed by atoms with van der Waals surface area (Å²) in [5.41, 5.74) is 0.608. The molecule has 0 aliphatic heterocycles. The lowest BCUT2D eigenvalue weighted by molar-refractivity contribution is -0.138. The monoisotopic (exact) mass is 196 g/mol. The van der Waals surface area contributed by atoms with Gasteiger partial charge in [-0.05, 0) is 6.07 Å². The molecule has 0 aliphatic carbocycles. The number of nitrogens with two attached hydrogens (primary N) is 1. The number of carboxylic acid groups (broad SMARTS) is 1. The van der Waals surface area contributed by atoms with Crippen molar-refractivity contribution in [1.82, 2.24) is 5.01 Å². The number of phenols is 1. The molecule has 0 fully saturated rings. The largest absolute Gasteiger partial charge is 0.508 e. The predicted octanol–water partition coefficient (Wildman–Crippen LogP) is 0.152. The van der Waals surface area contributed by atoms with Crippen molar-refractivity contribution < 1.29 is 15.0 Å². The number of para-hydroxylation sites is 1. The van der Waals surface area contributed by atoms with Crippen LogP contribution in [0.1, 0.15) is 5.56 Å². The quantitative estimate of drug-likeness (QED) is 0.471. The average molecular weight is 196 g/mol. The van der Waals surface area contributed by atoms with Gasteiger partial charge in [-0.25, -0.2) is 5.01 Å². The van der Waals surface area contributed by atoms with Crippen molar-refractivity contribution >= 4 is 5.97 Å². The number of aromatic hydroxyl groups is 1. The maximum Gasteiger partial charge on any atom is 0.319 e. The topological polar surface area (TPSA) is 86.8 Å². The van der Waals surface area contributed by atoms with Crippen molar-refractivity contribution in [3.63, 3.8) is 0 Å². The van der Waals surface area contributed by atoms with Crippen LogP contribution in [0, 0.1) is 0 Å². The van der Waals surface area contributed by atoms with Crippen molar-refractivity contribution in [2.45, 2.75) is 6.54 Å². The molecule has 1 aromatic rings. The van der Waals surface area contributed by atoms with Crippen LogP contribution in [-0.2, 0) is 11.3 Å². The van der Waals surface area contributed by atoms with Gasteiger partial charge in [0.05, 0.1) is 0 Å². The van der Waals surface area contributed by atoms with E-state index in [-0.39, 0.29) is 18.8 Å². The summed E-state index contributed by atoms with van der Waals surface area (Å²) >= 11 is 0. The minimum Gasteiger partial charge on any atom is -0.508 e. The first-order chi connectivity index (χ1) is 6.59. The van der Waals surface area contributed by atoms with Gasteiger partial charge in [-0.2, -0.15) is 0 Å². The van der Waals surface area contributed by atoms with Crippen molar-refractivity contribution in [2.24, 2.45) is 5.84 Å². The Morgan fingerprint density at radius 3 is 2.64 bits per heavy atom.